The van der Waals surface area contributed by atoms with Crippen molar-refractivity contribution in [2.45, 2.75) is 26.4 Å². The van der Waals surface area contributed by atoms with E-state index in [1.165, 1.54) is 19.2 Å². The Hall–Kier alpha value is -1.75. The van der Waals surface area contributed by atoms with Crippen LogP contribution in [0.4, 0.5) is 10.5 Å². The van der Waals surface area contributed by atoms with Crippen molar-refractivity contribution in [1.29, 1.82) is 0 Å². The van der Waals surface area contributed by atoms with Crippen LogP contribution in [0.15, 0.2) is 12.1 Å². The molecule has 0 aliphatic rings. The summed E-state index contributed by atoms with van der Waals surface area (Å²) in [6, 6.07) is 2.88. The van der Waals surface area contributed by atoms with E-state index in [4.69, 9.17) is 21.1 Å². The molecule has 0 saturated heterocycles. The van der Waals surface area contributed by atoms with Crippen molar-refractivity contribution in [1.82, 2.24) is 0 Å². The number of anilines is 1. The number of nitrogens with one attached hydrogen (secondary N) is 1. The van der Waals surface area contributed by atoms with Gasteiger partial charge in [0.25, 0.3) is 0 Å². The molecule has 6 heteroatoms. The molecule has 0 aliphatic heterocycles. The molecule has 0 heterocycles. The van der Waals surface area contributed by atoms with Gasteiger partial charge in [0, 0.05) is 5.56 Å². The quantitative estimate of drug-likeness (QED) is 0.863. The van der Waals surface area contributed by atoms with Crippen LogP contribution in [-0.4, -0.2) is 25.1 Å². The first-order valence-corrected chi connectivity index (χ1v) is 5.97. The van der Waals surface area contributed by atoms with Crippen LogP contribution >= 0.6 is 11.6 Å². The van der Waals surface area contributed by atoms with Crippen LogP contribution in [0.25, 0.3) is 0 Å². The monoisotopic (exact) mass is 285 g/mol. The Bertz CT molecular complexity index is 494. The Morgan fingerprint density at radius 3 is 2.47 bits per heavy atom. The number of rotatable bonds is 3. The summed E-state index contributed by atoms with van der Waals surface area (Å²) in [5, 5.41) is 2.75. The molecule has 5 nitrogen and oxygen atoms in total. The molecule has 0 aromatic heterocycles. The first-order chi connectivity index (χ1) is 8.76. The molecule has 0 aliphatic carbocycles. The lowest BCUT2D eigenvalue weighted by molar-refractivity contribution is 0.0635. The fraction of sp³-hybridized carbons (Fsp3) is 0.385. The van der Waals surface area contributed by atoms with Crippen molar-refractivity contribution in [3.63, 3.8) is 0 Å². The highest BCUT2D eigenvalue weighted by Gasteiger charge is 2.18. The number of methoxy groups -OCH3 is 1. The molecular formula is C13H16ClNO4. The lowest BCUT2D eigenvalue weighted by Gasteiger charge is -2.20. The Morgan fingerprint density at radius 1 is 1.37 bits per heavy atom. The first kappa shape index (κ1) is 15.3. The number of carbonyl (C=O) groups excluding carboxylic acids is 2. The van der Waals surface area contributed by atoms with Gasteiger partial charge in [-0.3, -0.25) is 10.1 Å². The Labute approximate surface area is 116 Å². The number of aldehydes is 1. The topological polar surface area (TPSA) is 64.6 Å². The van der Waals surface area contributed by atoms with Crippen LogP contribution < -0.4 is 10.1 Å². The van der Waals surface area contributed by atoms with Crippen LogP contribution in [0.5, 0.6) is 5.75 Å². The van der Waals surface area contributed by atoms with E-state index in [-0.39, 0.29) is 10.6 Å². The largest absolute Gasteiger partial charge is 0.495 e. The van der Waals surface area contributed by atoms with E-state index in [2.05, 4.69) is 5.32 Å². The van der Waals surface area contributed by atoms with Crippen molar-refractivity contribution in [3.05, 3.63) is 22.7 Å². The summed E-state index contributed by atoms with van der Waals surface area (Å²) in [4.78, 5) is 22.4. The second-order valence-electron chi connectivity index (χ2n) is 4.82. The van der Waals surface area contributed by atoms with Gasteiger partial charge in [0.15, 0.2) is 6.29 Å². The molecule has 0 radical (unpaired) electrons. The summed E-state index contributed by atoms with van der Waals surface area (Å²) < 4.78 is 10.2. The van der Waals surface area contributed by atoms with Gasteiger partial charge in [0.2, 0.25) is 0 Å². The van der Waals surface area contributed by atoms with Crippen molar-refractivity contribution >= 4 is 29.7 Å². The van der Waals surface area contributed by atoms with E-state index in [0.717, 1.165) is 0 Å². The molecule has 0 spiro atoms. The number of halogens is 1. The van der Waals surface area contributed by atoms with Gasteiger partial charge < -0.3 is 9.47 Å². The van der Waals surface area contributed by atoms with Crippen LogP contribution in [-0.2, 0) is 4.74 Å². The average Bonchev–Trinajstić information content (AvgIpc) is 2.26. The fourth-order valence-electron chi connectivity index (χ4n) is 1.34. The Morgan fingerprint density at radius 2 is 2.00 bits per heavy atom. The van der Waals surface area contributed by atoms with Crippen molar-refractivity contribution in [2.24, 2.45) is 0 Å². The molecule has 1 rings (SSSR count). The highest BCUT2D eigenvalue weighted by molar-refractivity contribution is 6.33. The Kier molecular flexibility index (Phi) is 4.78. The van der Waals surface area contributed by atoms with E-state index in [1.807, 2.05) is 0 Å². The third-order valence-electron chi connectivity index (χ3n) is 2.08. The summed E-state index contributed by atoms with van der Waals surface area (Å²) in [6.07, 6.45) is -0.0111. The summed E-state index contributed by atoms with van der Waals surface area (Å²) in [7, 11) is 1.43. The van der Waals surface area contributed by atoms with Crippen molar-refractivity contribution < 1.29 is 19.1 Å². The molecule has 0 bridgehead atoms. The molecule has 0 fully saturated rings. The smallest absolute Gasteiger partial charge is 0.412 e. The second kappa shape index (κ2) is 5.93. The number of hydrogen-bond donors (Lipinski definition) is 1. The summed E-state index contributed by atoms with van der Waals surface area (Å²) in [5.74, 6) is 0.331. The molecule has 1 aromatic carbocycles. The minimum Gasteiger partial charge on any atom is -0.495 e. The zero-order chi connectivity index (χ0) is 14.6. The van der Waals surface area contributed by atoms with Gasteiger partial charge in [-0.15, -0.1) is 0 Å². The van der Waals surface area contributed by atoms with E-state index >= 15 is 0 Å². The highest BCUT2D eigenvalue weighted by Crippen LogP contribution is 2.30. The predicted molar refractivity (Wildman–Crippen MR) is 73.2 cm³/mol. The molecule has 1 amide bonds. The molecule has 0 saturated carbocycles. The van der Waals surface area contributed by atoms with E-state index in [0.29, 0.717) is 17.7 Å². The molecule has 1 N–H and O–H groups in total. The number of ether oxygens (including phenoxy) is 2. The summed E-state index contributed by atoms with van der Waals surface area (Å²) >= 11 is 5.90. The number of amides is 1. The number of hydrogen-bond acceptors (Lipinski definition) is 4. The van der Waals surface area contributed by atoms with Crippen LogP contribution in [0, 0.1) is 0 Å². The van der Waals surface area contributed by atoms with Gasteiger partial charge in [0.1, 0.15) is 11.4 Å². The van der Waals surface area contributed by atoms with Gasteiger partial charge in [0.05, 0.1) is 17.8 Å². The minimum atomic E-state index is -0.624. The van der Waals surface area contributed by atoms with Crippen molar-refractivity contribution in [2.75, 3.05) is 12.4 Å². The summed E-state index contributed by atoms with van der Waals surface area (Å²) in [5.41, 5.74) is 0.0183. The van der Waals surface area contributed by atoms with E-state index < -0.39 is 11.7 Å². The van der Waals surface area contributed by atoms with Gasteiger partial charge in [-0.1, -0.05) is 11.6 Å². The molecule has 0 atom stereocenters. The van der Waals surface area contributed by atoms with E-state index in [1.54, 1.807) is 20.8 Å². The normalized spacial score (nSPS) is 10.8. The van der Waals surface area contributed by atoms with Crippen molar-refractivity contribution in [3.8, 4) is 5.75 Å². The predicted octanol–water partition coefficient (Wildman–Crippen LogP) is 3.51. The Balaban J connectivity index is 2.98. The molecule has 1 aromatic rings. The second-order valence-corrected chi connectivity index (χ2v) is 5.23. The highest BCUT2D eigenvalue weighted by atomic mass is 35.5. The van der Waals surface area contributed by atoms with Gasteiger partial charge in [-0.2, -0.15) is 0 Å². The van der Waals surface area contributed by atoms with Gasteiger partial charge in [-0.05, 0) is 32.9 Å². The van der Waals surface area contributed by atoms with Crippen LogP contribution in [0.2, 0.25) is 5.02 Å². The van der Waals surface area contributed by atoms with Crippen LogP contribution in [0.3, 0.4) is 0 Å². The number of carbonyl (C=O) groups is 2. The lowest BCUT2D eigenvalue weighted by Crippen LogP contribution is -2.27. The van der Waals surface area contributed by atoms with Gasteiger partial charge >= 0.3 is 6.09 Å². The zero-order valence-corrected chi connectivity index (χ0v) is 12.0. The summed E-state index contributed by atoms with van der Waals surface area (Å²) in [6.45, 7) is 5.27. The maximum atomic E-state index is 11.7. The third-order valence-corrected chi connectivity index (χ3v) is 2.41. The van der Waals surface area contributed by atoms with E-state index in [9.17, 15) is 9.59 Å². The zero-order valence-electron chi connectivity index (χ0n) is 11.2. The lowest BCUT2D eigenvalue weighted by atomic mass is 10.2. The molecule has 19 heavy (non-hydrogen) atoms. The fourth-order valence-corrected chi connectivity index (χ4v) is 1.55. The van der Waals surface area contributed by atoms with Gasteiger partial charge in [-0.25, -0.2) is 4.79 Å². The third kappa shape index (κ3) is 4.44. The minimum absolute atomic E-state index is 0.224. The standard InChI is InChI=1S/C13H16ClNO4/c1-13(2,3)19-12(17)15-10-6-9(14)8(7-16)5-11(10)18-4/h5-7H,1-4H3,(H,15,17). The average molecular weight is 286 g/mol. The van der Waals surface area contributed by atoms with Crippen LogP contribution in [0.1, 0.15) is 31.1 Å². The maximum absolute atomic E-state index is 11.7. The maximum Gasteiger partial charge on any atom is 0.412 e. The first-order valence-electron chi connectivity index (χ1n) is 5.59. The number of benzene rings is 1. The SMILES string of the molecule is COc1cc(C=O)c(Cl)cc1NC(=O)OC(C)(C)C. The molecule has 104 valence electrons. The molecule has 0 unspecified atom stereocenters. The molecular weight excluding hydrogens is 270 g/mol.